The quantitative estimate of drug-likeness (QED) is 0.523. The summed E-state index contributed by atoms with van der Waals surface area (Å²) in [6, 6.07) is 5.86. The van der Waals surface area contributed by atoms with Gasteiger partial charge in [-0.1, -0.05) is 12.1 Å². The van der Waals surface area contributed by atoms with Crippen LogP contribution in [0, 0.1) is 0 Å². The van der Waals surface area contributed by atoms with Gasteiger partial charge in [0.2, 0.25) is 0 Å². The lowest BCUT2D eigenvalue weighted by Crippen LogP contribution is -2.30. The van der Waals surface area contributed by atoms with Crippen molar-refractivity contribution in [3.8, 4) is 5.75 Å². The summed E-state index contributed by atoms with van der Waals surface area (Å²) in [5.74, 6) is -0.268. The Hall–Kier alpha value is -2.57. The molecule has 1 aromatic rings. The summed E-state index contributed by atoms with van der Waals surface area (Å²) in [6.45, 7) is 5.23. The molecule has 0 radical (unpaired) electrons. The second kappa shape index (κ2) is 6.05. The largest absolute Gasteiger partial charge is 0.514 e. The predicted octanol–water partition coefficient (Wildman–Crippen LogP) is 2.18. The third-order valence-electron chi connectivity index (χ3n) is 2.72. The van der Waals surface area contributed by atoms with Crippen molar-refractivity contribution in [2.75, 3.05) is 0 Å². The van der Waals surface area contributed by atoms with Crippen LogP contribution >= 0.6 is 0 Å². The highest BCUT2D eigenvalue weighted by atomic mass is 16.7. The molecule has 0 saturated carbocycles. The second-order valence-corrected chi connectivity index (χ2v) is 5.82. The van der Waals surface area contributed by atoms with Crippen molar-refractivity contribution in [2.24, 2.45) is 0 Å². The second-order valence-electron chi connectivity index (χ2n) is 5.82. The molecule has 1 saturated heterocycles. The molecule has 0 bridgehead atoms. The molecule has 1 aromatic carbocycles. The third-order valence-corrected chi connectivity index (χ3v) is 2.72. The van der Waals surface area contributed by atoms with Gasteiger partial charge in [0.05, 0.1) is 0 Å². The summed E-state index contributed by atoms with van der Waals surface area (Å²) in [6.07, 6.45) is -1.22. The van der Waals surface area contributed by atoms with Crippen molar-refractivity contribution >= 4 is 18.2 Å². The molecular formula is C15H17NO6. The Balaban J connectivity index is 1.92. The maximum Gasteiger partial charge on any atom is 0.514 e. The first kappa shape index (κ1) is 15.8. The number of ether oxygens (including phenoxy) is 3. The van der Waals surface area contributed by atoms with E-state index in [9.17, 15) is 14.4 Å². The molecule has 2 rings (SSSR count). The number of carbonyl (C=O) groups is 3. The first-order valence-electron chi connectivity index (χ1n) is 6.75. The van der Waals surface area contributed by atoms with Crippen molar-refractivity contribution in [1.82, 2.24) is 5.32 Å². The van der Waals surface area contributed by atoms with Gasteiger partial charge in [-0.2, -0.15) is 0 Å². The van der Waals surface area contributed by atoms with Crippen molar-refractivity contribution in [3.05, 3.63) is 29.8 Å². The molecule has 7 nitrogen and oxygen atoms in total. The van der Waals surface area contributed by atoms with Crippen LogP contribution in [0.15, 0.2) is 24.3 Å². The number of alkyl carbamates (subject to hydrolysis) is 1. The first-order chi connectivity index (χ1) is 10.2. The number of benzene rings is 1. The molecular weight excluding hydrogens is 290 g/mol. The van der Waals surface area contributed by atoms with Crippen molar-refractivity contribution < 1.29 is 28.6 Å². The van der Waals surface area contributed by atoms with E-state index in [1.807, 2.05) is 0 Å². The van der Waals surface area contributed by atoms with Gasteiger partial charge in [0, 0.05) is 6.42 Å². The van der Waals surface area contributed by atoms with Gasteiger partial charge in [0.1, 0.15) is 17.4 Å². The first-order valence-corrected chi connectivity index (χ1v) is 6.75. The number of rotatable bonds is 3. The van der Waals surface area contributed by atoms with Gasteiger partial charge in [0.25, 0.3) is 0 Å². The Kier molecular flexibility index (Phi) is 4.35. The van der Waals surface area contributed by atoms with Gasteiger partial charge in [-0.25, -0.2) is 14.4 Å². The average Bonchev–Trinajstić information content (AvgIpc) is 2.68. The van der Waals surface area contributed by atoms with Crippen LogP contribution in [0.1, 0.15) is 26.3 Å². The lowest BCUT2D eigenvalue weighted by atomic mass is 10.1. The molecule has 0 aromatic heterocycles. The molecule has 1 amide bonds. The van der Waals surface area contributed by atoms with Crippen LogP contribution < -0.4 is 10.1 Å². The van der Waals surface area contributed by atoms with Crippen LogP contribution in [-0.2, 0) is 20.7 Å². The molecule has 1 aliphatic heterocycles. The minimum Gasteiger partial charge on any atom is -0.428 e. The number of carbonyl (C=O) groups excluding carboxylic acids is 3. The molecule has 1 N–H and O–H groups in total. The van der Waals surface area contributed by atoms with Crippen LogP contribution in [0.5, 0.6) is 5.75 Å². The summed E-state index contributed by atoms with van der Waals surface area (Å²) < 4.78 is 14.5. The molecule has 1 fully saturated rings. The minimum absolute atomic E-state index is 0.303. The zero-order chi connectivity index (χ0) is 16.3. The Morgan fingerprint density at radius 3 is 2.36 bits per heavy atom. The minimum atomic E-state index is -0.785. The molecule has 0 aliphatic carbocycles. The van der Waals surface area contributed by atoms with Gasteiger partial charge in [0.15, 0.2) is 0 Å². The van der Waals surface area contributed by atoms with Gasteiger partial charge < -0.3 is 19.5 Å². The number of amides is 1. The molecule has 1 heterocycles. The Morgan fingerprint density at radius 2 is 1.86 bits per heavy atom. The van der Waals surface area contributed by atoms with Crippen LogP contribution in [0.25, 0.3) is 0 Å². The van der Waals surface area contributed by atoms with Crippen molar-refractivity contribution in [1.29, 1.82) is 0 Å². The zero-order valence-corrected chi connectivity index (χ0v) is 12.5. The van der Waals surface area contributed by atoms with Gasteiger partial charge >= 0.3 is 18.2 Å². The summed E-state index contributed by atoms with van der Waals surface area (Å²) >= 11 is 0. The molecule has 22 heavy (non-hydrogen) atoms. The fourth-order valence-corrected chi connectivity index (χ4v) is 1.82. The highest BCUT2D eigenvalue weighted by molar-refractivity contribution is 5.95. The molecule has 118 valence electrons. The number of nitrogens with one attached hydrogen (secondary N) is 1. The maximum atomic E-state index is 11.5. The Bertz CT molecular complexity index is 587. The van der Waals surface area contributed by atoms with Crippen molar-refractivity contribution in [3.63, 3.8) is 0 Å². The van der Waals surface area contributed by atoms with Crippen molar-refractivity contribution in [2.45, 2.75) is 38.8 Å². The smallest absolute Gasteiger partial charge is 0.428 e. The van der Waals surface area contributed by atoms with E-state index in [1.54, 1.807) is 45.0 Å². The van der Waals surface area contributed by atoms with Gasteiger partial charge in [-0.3, -0.25) is 0 Å². The molecule has 1 atom stereocenters. The number of cyclic esters (lactones) is 2. The fourth-order valence-electron chi connectivity index (χ4n) is 1.82. The summed E-state index contributed by atoms with van der Waals surface area (Å²) in [7, 11) is 0. The van der Waals surface area contributed by atoms with E-state index in [1.165, 1.54) is 0 Å². The third kappa shape index (κ3) is 4.47. The molecule has 1 aliphatic rings. The molecule has 0 unspecified atom stereocenters. The standard InChI is InChI=1S/C15H17NO6/c1-15(2,3)22-14(19)20-10-6-4-9(5-7-10)8-11-12(17)21-13(18)16-11/h4-7,11H,8H2,1-3H3,(H,16,18)/t11-/m0/s1. The highest BCUT2D eigenvalue weighted by Crippen LogP contribution is 2.17. The van der Waals surface area contributed by atoms with Gasteiger partial charge in [-0.15, -0.1) is 0 Å². The highest BCUT2D eigenvalue weighted by Gasteiger charge is 2.32. The topological polar surface area (TPSA) is 90.9 Å². The maximum absolute atomic E-state index is 11.5. The summed E-state index contributed by atoms with van der Waals surface area (Å²) in [5, 5.41) is 2.41. The fraction of sp³-hybridized carbons (Fsp3) is 0.400. The number of hydrogen-bond donors (Lipinski definition) is 1. The van der Waals surface area contributed by atoms with Crippen LogP contribution in [-0.4, -0.2) is 29.9 Å². The lowest BCUT2D eigenvalue weighted by Gasteiger charge is -2.18. The predicted molar refractivity (Wildman–Crippen MR) is 75.4 cm³/mol. The molecule has 7 heteroatoms. The monoisotopic (exact) mass is 307 g/mol. The van der Waals surface area contributed by atoms with Crippen LogP contribution in [0.3, 0.4) is 0 Å². The van der Waals surface area contributed by atoms with E-state index in [4.69, 9.17) is 9.47 Å². The Labute approximate surface area is 127 Å². The van der Waals surface area contributed by atoms with E-state index in [2.05, 4.69) is 10.1 Å². The number of hydrogen-bond acceptors (Lipinski definition) is 6. The van der Waals surface area contributed by atoms with E-state index in [-0.39, 0.29) is 0 Å². The Morgan fingerprint density at radius 1 is 1.23 bits per heavy atom. The number of esters is 1. The van der Waals surface area contributed by atoms with Crippen LogP contribution in [0.4, 0.5) is 9.59 Å². The summed E-state index contributed by atoms with van der Waals surface area (Å²) in [4.78, 5) is 33.8. The van der Waals surface area contributed by atoms with E-state index in [0.29, 0.717) is 12.2 Å². The SMILES string of the molecule is CC(C)(C)OC(=O)Oc1ccc(C[C@@H]2NC(=O)OC2=O)cc1. The zero-order valence-electron chi connectivity index (χ0n) is 12.5. The lowest BCUT2D eigenvalue weighted by molar-refractivity contribution is -0.135. The average molecular weight is 307 g/mol. The normalized spacial score (nSPS) is 17.7. The van der Waals surface area contributed by atoms with E-state index in [0.717, 1.165) is 5.56 Å². The van der Waals surface area contributed by atoms with E-state index >= 15 is 0 Å². The molecule has 0 spiro atoms. The van der Waals surface area contributed by atoms with E-state index < -0.39 is 29.9 Å². The summed E-state index contributed by atoms with van der Waals surface area (Å²) in [5.41, 5.74) is 0.165. The van der Waals surface area contributed by atoms with Gasteiger partial charge in [-0.05, 0) is 38.5 Å². The van der Waals surface area contributed by atoms with Crippen LogP contribution in [0.2, 0.25) is 0 Å².